The Morgan fingerprint density at radius 2 is 1.92 bits per heavy atom. The lowest BCUT2D eigenvalue weighted by Gasteiger charge is -2.20. The molecule has 0 aliphatic carbocycles. The van der Waals surface area contributed by atoms with E-state index < -0.39 is 21.7 Å². The number of hydrogen-bond acceptors (Lipinski definition) is 3. The van der Waals surface area contributed by atoms with Crippen molar-refractivity contribution in [2.45, 2.75) is 0 Å². The molecule has 0 aliphatic rings. The van der Waals surface area contributed by atoms with Crippen LogP contribution in [0.2, 0.25) is 5.02 Å². The van der Waals surface area contributed by atoms with Crippen molar-refractivity contribution >= 4 is 38.9 Å². The van der Waals surface area contributed by atoms with E-state index in [1.165, 1.54) is 46.8 Å². The summed E-state index contributed by atoms with van der Waals surface area (Å²) < 4.78 is 37.9. The van der Waals surface area contributed by atoms with Crippen LogP contribution in [0.15, 0.2) is 55.1 Å². The number of amides is 1. The second kappa shape index (κ2) is 7.67. The summed E-state index contributed by atoms with van der Waals surface area (Å²) >= 11 is 5.67. The van der Waals surface area contributed by atoms with Gasteiger partial charge in [0.15, 0.2) is 0 Å². The molecular formula is C17H16ClFN2O3S. The van der Waals surface area contributed by atoms with E-state index in [9.17, 15) is 17.6 Å². The summed E-state index contributed by atoms with van der Waals surface area (Å²) in [5, 5.41) is 2.50. The number of anilines is 2. The normalized spacial score (nSPS) is 11.0. The molecule has 0 atom stereocenters. The molecule has 0 heterocycles. The van der Waals surface area contributed by atoms with E-state index in [4.69, 9.17) is 11.6 Å². The van der Waals surface area contributed by atoms with Crippen molar-refractivity contribution in [1.82, 2.24) is 0 Å². The third-order valence-electron chi connectivity index (χ3n) is 3.29. The van der Waals surface area contributed by atoms with E-state index >= 15 is 0 Å². The maximum absolute atomic E-state index is 13.1. The smallest absolute Gasteiger partial charge is 0.255 e. The summed E-state index contributed by atoms with van der Waals surface area (Å²) in [6, 6.07) is 9.89. The molecule has 0 radical (unpaired) electrons. The van der Waals surface area contributed by atoms with E-state index in [2.05, 4.69) is 11.9 Å². The van der Waals surface area contributed by atoms with Crippen LogP contribution in [0.4, 0.5) is 15.8 Å². The predicted octanol–water partition coefficient (Wildman–Crippen LogP) is 3.68. The highest BCUT2D eigenvalue weighted by Crippen LogP contribution is 2.21. The van der Waals surface area contributed by atoms with Gasteiger partial charge in [0, 0.05) is 11.3 Å². The van der Waals surface area contributed by atoms with Gasteiger partial charge in [0.2, 0.25) is 10.0 Å². The zero-order valence-electron chi connectivity index (χ0n) is 13.4. The minimum absolute atomic E-state index is 0.0960. The van der Waals surface area contributed by atoms with Crippen LogP contribution in [0.3, 0.4) is 0 Å². The molecule has 0 saturated carbocycles. The fraction of sp³-hybridized carbons (Fsp3) is 0.118. The summed E-state index contributed by atoms with van der Waals surface area (Å²) in [5.41, 5.74) is 1.09. The minimum Gasteiger partial charge on any atom is -0.322 e. The first-order chi connectivity index (χ1) is 11.7. The van der Waals surface area contributed by atoms with Crippen LogP contribution >= 0.6 is 11.6 Å². The van der Waals surface area contributed by atoms with Crippen LogP contribution in [0, 0.1) is 5.82 Å². The van der Waals surface area contributed by atoms with Gasteiger partial charge in [-0.05, 0) is 42.5 Å². The molecule has 0 aliphatic heterocycles. The van der Waals surface area contributed by atoms with Crippen LogP contribution < -0.4 is 9.62 Å². The molecule has 25 heavy (non-hydrogen) atoms. The van der Waals surface area contributed by atoms with Gasteiger partial charge < -0.3 is 5.32 Å². The first kappa shape index (κ1) is 19.0. The zero-order valence-corrected chi connectivity index (χ0v) is 14.9. The second-order valence-electron chi connectivity index (χ2n) is 5.21. The van der Waals surface area contributed by atoms with Gasteiger partial charge in [-0.15, -0.1) is 6.58 Å². The van der Waals surface area contributed by atoms with E-state index in [-0.39, 0.29) is 11.6 Å². The number of carbonyl (C=O) groups is 1. The maximum atomic E-state index is 13.1. The number of nitrogens with one attached hydrogen (secondary N) is 1. The Bertz CT molecular complexity index is 899. The van der Waals surface area contributed by atoms with Gasteiger partial charge in [-0.2, -0.15) is 0 Å². The number of halogens is 2. The van der Waals surface area contributed by atoms with Crippen LogP contribution in [0.25, 0.3) is 0 Å². The Morgan fingerprint density at radius 1 is 1.28 bits per heavy atom. The summed E-state index contributed by atoms with van der Waals surface area (Å²) in [7, 11) is -3.46. The van der Waals surface area contributed by atoms with E-state index in [1.807, 2.05) is 0 Å². The lowest BCUT2D eigenvalue weighted by Crippen LogP contribution is -2.29. The lowest BCUT2D eigenvalue weighted by molar-refractivity contribution is 0.102. The van der Waals surface area contributed by atoms with Crippen LogP contribution in [0.1, 0.15) is 10.4 Å². The molecule has 5 nitrogen and oxygen atoms in total. The highest BCUT2D eigenvalue weighted by Gasteiger charge is 2.16. The summed E-state index contributed by atoms with van der Waals surface area (Å²) in [4.78, 5) is 12.2. The highest BCUT2D eigenvalue weighted by atomic mass is 35.5. The van der Waals surface area contributed by atoms with Gasteiger partial charge in [-0.1, -0.05) is 17.7 Å². The molecule has 0 saturated heterocycles. The molecule has 0 bridgehead atoms. The summed E-state index contributed by atoms with van der Waals surface area (Å²) in [6.45, 7) is 3.66. The van der Waals surface area contributed by atoms with Gasteiger partial charge in [0.05, 0.1) is 23.5 Å². The van der Waals surface area contributed by atoms with Crippen LogP contribution in [-0.2, 0) is 10.0 Å². The van der Waals surface area contributed by atoms with Crippen molar-refractivity contribution in [1.29, 1.82) is 0 Å². The molecular weight excluding hydrogens is 367 g/mol. The minimum atomic E-state index is -3.46. The van der Waals surface area contributed by atoms with Gasteiger partial charge in [-0.3, -0.25) is 9.10 Å². The molecule has 2 aromatic carbocycles. The molecule has 0 spiro atoms. The van der Waals surface area contributed by atoms with E-state index in [0.717, 1.165) is 12.3 Å². The molecule has 0 aromatic heterocycles. The first-order valence-corrected chi connectivity index (χ1v) is 9.40. The van der Waals surface area contributed by atoms with Crippen molar-refractivity contribution in [3.8, 4) is 0 Å². The fourth-order valence-corrected chi connectivity index (χ4v) is 3.17. The van der Waals surface area contributed by atoms with Crippen LogP contribution in [0.5, 0.6) is 0 Å². The van der Waals surface area contributed by atoms with Crippen LogP contribution in [-0.4, -0.2) is 27.1 Å². The standard InChI is InChI=1S/C17H16ClFN2O3S/c1-3-10-21(25(2,23)24)14-7-4-12(5-8-14)17(22)20-13-6-9-16(19)15(18)11-13/h3-9,11H,1,10H2,2H3,(H,20,22). The maximum Gasteiger partial charge on any atom is 0.255 e. The van der Waals surface area contributed by atoms with E-state index in [1.54, 1.807) is 0 Å². The quantitative estimate of drug-likeness (QED) is 0.775. The first-order valence-electron chi connectivity index (χ1n) is 7.17. The summed E-state index contributed by atoms with van der Waals surface area (Å²) in [6.07, 6.45) is 2.56. The number of benzene rings is 2. The fourth-order valence-electron chi connectivity index (χ4n) is 2.11. The molecule has 132 valence electrons. The van der Waals surface area contributed by atoms with Gasteiger partial charge in [0.1, 0.15) is 5.82 Å². The van der Waals surface area contributed by atoms with E-state index in [0.29, 0.717) is 16.9 Å². The number of rotatable bonds is 6. The zero-order chi connectivity index (χ0) is 18.6. The number of hydrogen-bond donors (Lipinski definition) is 1. The molecule has 0 fully saturated rings. The van der Waals surface area contributed by atoms with Gasteiger partial charge in [0.25, 0.3) is 5.91 Å². The molecule has 0 unspecified atom stereocenters. The Morgan fingerprint density at radius 3 is 2.44 bits per heavy atom. The van der Waals surface area contributed by atoms with Crippen molar-refractivity contribution in [2.24, 2.45) is 0 Å². The lowest BCUT2D eigenvalue weighted by atomic mass is 10.2. The molecule has 2 rings (SSSR count). The van der Waals surface area contributed by atoms with Crippen molar-refractivity contribution in [3.63, 3.8) is 0 Å². The topological polar surface area (TPSA) is 66.5 Å². The second-order valence-corrected chi connectivity index (χ2v) is 7.53. The monoisotopic (exact) mass is 382 g/mol. The largest absolute Gasteiger partial charge is 0.322 e. The third kappa shape index (κ3) is 4.80. The Balaban J connectivity index is 2.19. The molecule has 8 heteroatoms. The highest BCUT2D eigenvalue weighted by molar-refractivity contribution is 7.92. The summed E-state index contributed by atoms with van der Waals surface area (Å²) in [5.74, 6) is -1.00. The Kier molecular flexibility index (Phi) is 5.81. The van der Waals surface area contributed by atoms with Crippen molar-refractivity contribution in [2.75, 3.05) is 22.4 Å². The SMILES string of the molecule is C=CCN(c1ccc(C(=O)Nc2ccc(F)c(Cl)c2)cc1)S(C)(=O)=O. The number of carbonyl (C=O) groups excluding carboxylic acids is 1. The van der Waals surface area contributed by atoms with Crippen molar-refractivity contribution in [3.05, 3.63) is 71.5 Å². The molecule has 1 N–H and O–H groups in total. The average Bonchev–Trinajstić information content (AvgIpc) is 2.55. The third-order valence-corrected chi connectivity index (χ3v) is 4.74. The van der Waals surface area contributed by atoms with Gasteiger partial charge >= 0.3 is 0 Å². The number of nitrogens with zero attached hydrogens (tertiary/aromatic N) is 1. The Hall–Kier alpha value is -2.38. The van der Waals surface area contributed by atoms with Crippen molar-refractivity contribution < 1.29 is 17.6 Å². The predicted molar refractivity (Wildman–Crippen MR) is 98.2 cm³/mol. The van der Waals surface area contributed by atoms with Gasteiger partial charge in [-0.25, -0.2) is 12.8 Å². The Labute approximate surface area is 150 Å². The average molecular weight is 383 g/mol. The molecule has 2 aromatic rings. The number of sulfonamides is 1. The molecule has 1 amide bonds.